The van der Waals surface area contributed by atoms with Crippen LogP contribution in [-0.2, 0) is 11.3 Å². The van der Waals surface area contributed by atoms with E-state index in [1.807, 2.05) is 0 Å². The Balaban J connectivity index is 3.38. The van der Waals surface area contributed by atoms with Crippen molar-refractivity contribution in [1.29, 1.82) is 0 Å². The normalized spacial score (nSPS) is 10.6. The van der Waals surface area contributed by atoms with Gasteiger partial charge in [0.05, 0.1) is 6.61 Å². The van der Waals surface area contributed by atoms with E-state index in [0.717, 1.165) is 6.20 Å². The number of hydrogen-bond donors (Lipinski definition) is 2. The molecule has 0 radical (unpaired) electrons. The van der Waals surface area contributed by atoms with E-state index in [1.54, 1.807) is 6.92 Å². The van der Waals surface area contributed by atoms with Crippen LogP contribution in [0.2, 0.25) is 0 Å². The highest BCUT2D eigenvalue weighted by Crippen LogP contribution is 2.29. The van der Waals surface area contributed by atoms with Gasteiger partial charge in [-0.1, -0.05) is 0 Å². The third-order valence-corrected chi connectivity index (χ3v) is 2.15. The van der Waals surface area contributed by atoms with E-state index >= 15 is 0 Å². The molecule has 0 atom stereocenters. The molecule has 0 aliphatic rings. The van der Waals surface area contributed by atoms with Gasteiger partial charge in [0.2, 0.25) is 0 Å². The van der Waals surface area contributed by atoms with Crippen LogP contribution in [0.15, 0.2) is 6.20 Å². The van der Waals surface area contributed by atoms with E-state index in [9.17, 15) is 13.6 Å². The number of halogens is 2. The molecular formula is C10H13F2N3O2. The van der Waals surface area contributed by atoms with Gasteiger partial charge in [-0.25, -0.2) is 18.6 Å². The lowest BCUT2D eigenvalue weighted by Crippen LogP contribution is -2.16. The summed E-state index contributed by atoms with van der Waals surface area (Å²) < 4.78 is 30.5. The number of carbonyl (C=O) groups excluding carboxylic acids is 1. The van der Waals surface area contributed by atoms with E-state index in [0.29, 0.717) is 0 Å². The maximum Gasteiger partial charge on any atom is 0.342 e. The lowest BCUT2D eigenvalue weighted by atomic mass is 10.0. The Morgan fingerprint density at radius 2 is 2.24 bits per heavy atom. The lowest BCUT2D eigenvalue weighted by molar-refractivity contribution is 0.0516. The van der Waals surface area contributed by atoms with Crippen molar-refractivity contribution < 1.29 is 18.3 Å². The summed E-state index contributed by atoms with van der Waals surface area (Å²) in [4.78, 5) is 15.2. The zero-order chi connectivity index (χ0) is 13.0. The molecule has 5 nitrogen and oxygen atoms in total. The summed E-state index contributed by atoms with van der Waals surface area (Å²) in [5.74, 6) is -1.20. The third-order valence-electron chi connectivity index (χ3n) is 2.15. The molecule has 94 valence electrons. The van der Waals surface area contributed by atoms with Gasteiger partial charge in [-0.2, -0.15) is 0 Å². The predicted octanol–water partition coefficient (Wildman–Crippen LogP) is 1.24. The van der Waals surface area contributed by atoms with Crippen molar-refractivity contribution in [1.82, 2.24) is 4.98 Å². The minimum atomic E-state index is -2.86. The highest BCUT2D eigenvalue weighted by molar-refractivity contribution is 5.96. The van der Waals surface area contributed by atoms with Gasteiger partial charge in [0.1, 0.15) is 11.4 Å². The third kappa shape index (κ3) is 2.68. The molecule has 0 saturated carbocycles. The maximum atomic E-state index is 12.9. The number of alkyl halides is 2. The first-order valence-electron chi connectivity index (χ1n) is 4.95. The van der Waals surface area contributed by atoms with Gasteiger partial charge < -0.3 is 16.2 Å². The number of nitrogens with two attached hydrogens (primary N) is 2. The molecule has 1 aromatic rings. The second kappa shape index (κ2) is 5.53. The molecule has 0 aromatic carbocycles. The molecule has 0 fully saturated rings. The molecule has 0 bridgehead atoms. The molecule has 0 amide bonds. The van der Waals surface area contributed by atoms with E-state index in [4.69, 9.17) is 11.5 Å². The number of rotatable bonds is 4. The fourth-order valence-corrected chi connectivity index (χ4v) is 1.41. The van der Waals surface area contributed by atoms with Gasteiger partial charge in [-0.05, 0) is 12.5 Å². The van der Waals surface area contributed by atoms with Crippen molar-refractivity contribution >= 4 is 11.8 Å². The van der Waals surface area contributed by atoms with Crippen LogP contribution < -0.4 is 11.5 Å². The molecule has 0 aliphatic heterocycles. The minimum Gasteiger partial charge on any atom is -0.462 e. The fraction of sp³-hybridized carbons (Fsp3) is 0.400. The molecule has 0 saturated heterocycles. The molecule has 17 heavy (non-hydrogen) atoms. The number of ether oxygens (including phenoxy) is 1. The Bertz CT molecular complexity index is 424. The molecule has 7 heteroatoms. The average Bonchev–Trinajstić information content (AvgIpc) is 2.28. The maximum absolute atomic E-state index is 12.9. The van der Waals surface area contributed by atoms with Gasteiger partial charge in [-0.3, -0.25) is 0 Å². The summed E-state index contributed by atoms with van der Waals surface area (Å²) in [6.07, 6.45) is -1.72. The number of nitrogens with zero attached hydrogens (tertiary/aromatic N) is 1. The molecule has 0 unspecified atom stereocenters. The number of aromatic nitrogens is 1. The van der Waals surface area contributed by atoms with Crippen LogP contribution >= 0.6 is 0 Å². The van der Waals surface area contributed by atoms with Crippen molar-refractivity contribution in [2.45, 2.75) is 19.9 Å². The van der Waals surface area contributed by atoms with Crippen molar-refractivity contribution in [3.63, 3.8) is 0 Å². The molecule has 1 heterocycles. The van der Waals surface area contributed by atoms with Crippen LogP contribution in [0.5, 0.6) is 0 Å². The molecule has 1 rings (SSSR count). The lowest BCUT2D eigenvalue weighted by Gasteiger charge is -2.13. The van der Waals surface area contributed by atoms with Crippen LogP contribution in [0.3, 0.4) is 0 Å². The zero-order valence-corrected chi connectivity index (χ0v) is 9.24. The van der Waals surface area contributed by atoms with Crippen molar-refractivity contribution in [2.24, 2.45) is 5.73 Å². The molecule has 4 N–H and O–H groups in total. The summed E-state index contributed by atoms with van der Waals surface area (Å²) in [5.41, 5.74) is 9.92. The van der Waals surface area contributed by atoms with Gasteiger partial charge in [0, 0.05) is 18.3 Å². The highest BCUT2D eigenvalue weighted by Gasteiger charge is 2.26. The van der Waals surface area contributed by atoms with Gasteiger partial charge in [-0.15, -0.1) is 0 Å². The first-order valence-corrected chi connectivity index (χ1v) is 4.95. The topological polar surface area (TPSA) is 91.2 Å². The van der Waals surface area contributed by atoms with Gasteiger partial charge >= 0.3 is 5.97 Å². The Hall–Kier alpha value is -1.76. The fourth-order valence-electron chi connectivity index (χ4n) is 1.41. The zero-order valence-electron chi connectivity index (χ0n) is 9.24. The first-order chi connectivity index (χ1) is 8.02. The van der Waals surface area contributed by atoms with Gasteiger partial charge in [0.25, 0.3) is 6.43 Å². The Kier molecular flexibility index (Phi) is 4.33. The molecule has 0 aliphatic carbocycles. The van der Waals surface area contributed by atoms with Crippen LogP contribution in [0.1, 0.15) is 34.8 Å². The van der Waals surface area contributed by atoms with Crippen molar-refractivity contribution in [3.05, 3.63) is 22.9 Å². The van der Waals surface area contributed by atoms with Crippen LogP contribution in [0.25, 0.3) is 0 Å². The van der Waals surface area contributed by atoms with Crippen LogP contribution in [-0.4, -0.2) is 17.6 Å². The van der Waals surface area contributed by atoms with E-state index in [2.05, 4.69) is 9.72 Å². The van der Waals surface area contributed by atoms with Crippen molar-refractivity contribution in [3.8, 4) is 0 Å². The standard InChI is InChI=1S/C10H13F2N3O2/c1-2-17-10(16)7-6(8(11)12)5(3-13)4-15-9(7)14/h4,8H,2-3,13H2,1H3,(H2,14,15). The summed E-state index contributed by atoms with van der Waals surface area (Å²) >= 11 is 0. The largest absolute Gasteiger partial charge is 0.462 e. The Morgan fingerprint density at radius 1 is 1.59 bits per heavy atom. The van der Waals surface area contributed by atoms with E-state index in [-0.39, 0.29) is 24.5 Å². The number of hydrogen-bond acceptors (Lipinski definition) is 5. The number of pyridine rings is 1. The predicted molar refractivity (Wildman–Crippen MR) is 57.5 cm³/mol. The first kappa shape index (κ1) is 13.3. The van der Waals surface area contributed by atoms with Crippen molar-refractivity contribution in [2.75, 3.05) is 12.3 Å². The number of carbonyl (C=O) groups is 1. The quantitative estimate of drug-likeness (QED) is 0.778. The van der Waals surface area contributed by atoms with Crippen LogP contribution in [0.4, 0.5) is 14.6 Å². The summed E-state index contributed by atoms with van der Waals surface area (Å²) in [7, 11) is 0. The molecule has 0 spiro atoms. The smallest absolute Gasteiger partial charge is 0.342 e. The SMILES string of the molecule is CCOC(=O)c1c(N)ncc(CN)c1C(F)F. The van der Waals surface area contributed by atoms with E-state index < -0.39 is 23.5 Å². The monoisotopic (exact) mass is 245 g/mol. The number of esters is 1. The Labute approximate surface area is 96.8 Å². The van der Waals surface area contributed by atoms with E-state index in [1.165, 1.54) is 0 Å². The highest BCUT2D eigenvalue weighted by atomic mass is 19.3. The summed E-state index contributed by atoms with van der Waals surface area (Å²) in [5, 5.41) is 0. The second-order valence-electron chi connectivity index (χ2n) is 3.18. The van der Waals surface area contributed by atoms with Crippen LogP contribution in [0, 0.1) is 0 Å². The summed E-state index contributed by atoms with van der Waals surface area (Å²) in [6.45, 7) is 1.48. The van der Waals surface area contributed by atoms with Gasteiger partial charge in [0.15, 0.2) is 0 Å². The molecular weight excluding hydrogens is 232 g/mol. The molecule has 1 aromatic heterocycles. The minimum absolute atomic E-state index is 0.0633. The second-order valence-corrected chi connectivity index (χ2v) is 3.18. The summed E-state index contributed by atoms with van der Waals surface area (Å²) in [6, 6.07) is 0. The number of nitrogen functional groups attached to an aromatic ring is 1. The number of anilines is 1. The average molecular weight is 245 g/mol. The Morgan fingerprint density at radius 3 is 2.71 bits per heavy atom.